The third-order valence-electron chi connectivity index (χ3n) is 4.09. The Bertz CT molecular complexity index is 953. The van der Waals surface area contributed by atoms with E-state index in [1.807, 2.05) is 30.3 Å². The van der Waals surface area contributed by atoms with Gasteiger partial charge < -0.3 is 14.9 Å². The molecule has 3 aromatic rings. The predicted molar refractivity (Wildman–Crippen MR) is 94.5 cm³/mol. The molecule has 0 bridgehead atoms. The maximum Gasteiger partial charge on any atom is 0.138 e. The first kappa shape index (κ1) is 15.2. The SMILES string of the molecule is Oc1cc2c(cc1Cl)Cc1c(cc(O)c(Cl)c1-c1ccccc1)O2. The maximum absolute atomic E-state index is 10.2. The number of hydrogen-bond acceptors (Lipinski definition) is 3. The van der Waals surface area contributed by atoms with E-state index >= 15 is 0 Å². The standard InChI is InChI=1S/C19H12Cl2O3/c20-13-7-11-6-12-17(24-16(11)8-14(13)22)9-15(23)19(21)18(12)10-4-2-1-3-5-10/h1-5,7-9,22-23H,6H2. The fourth-order valence-electron chi connectivity index (χ4n) is 2.96. The number of rotatable bonds is 1. The van der Waals surface area contributed by atoms with E-state index in [1.54, 1.807) is 6.07 Å². The summed E-state index contributed by atoms with van der Waals surface area (Å²) < 4.78 is 5.87. The maximum atomic E-state index is 10.2. The van der Waals surface area contributed by atoms with E-state index in [4.69, 9.17) is 27.9 Å². The molecule has 3 nitrogen and oxygen atoms in total. The molecule has 0 aliphatic carbocycles. The highest BCUT2D eigenvalue weighted by atomic mass is 35.5. The summed E-state index contributed by atoms with van der Waals surface area (Å²) >= 11 is 12.4. The van der Waals surface area contributed by atoms with Gasteiger partial charge in [0.05, 0.1) is 10.0 Å². The van der Waals surface area contributed by atoms with Gasteiger partial charge in [-0.2, -0.15) is 0 Å². The fraction of sp³-hybridized carbons (Fsp3) is 0.0526. The zero-order chi connectivity index (χ0) is 16.8. The minimum absolute atomic E-state index is 0.0414. The number of ether oxygens (including phenoxy) is 1. The molecule has 0 aromatic heterocycles. The molecule has 120 valence electrons. The molecule has 0 atom stereocenters. The first-order chi connectivity index (χ1) is 11.5. The van der Waals surface area contributed by atoms with Crippen molar-refractivity contribution in [1.29, 1.82) is 0 Å². The summed E-state index contributed by atoms with van der Waals surface area (Å²) in [5.41, 5.74) is 3.36. The molecule has 0 unspecified atom stereocenters. The molecule has 1 aliphatic rings. The van der Waals surface area contributed by atoms with Gasteiger partial charge in [0.1, 0.15) is 23.0 Å². The molecule has 5 heteroatoms. The summed E-state index contributed by atoms with van der Waals surface area (Å²) in [6, 6.07) is 14.3. The molecule has 0 spiro atoms. The van der Waals surface area contributed by atoms with Gasteiger partial charge in [0, 0.05) is 35.2 Å². The summed E-state index contributed by atoms with van der Waals surface area (Å²) in [7, 11) is 0. The van der Waals surface area contributed by atoms with Crippen LogP contribution in [0, 0.1) is 0 Å². The van der Waals surface area contributed by atoms with Crippen LogP contribution in [-0.2, 0) is 6.42 Å². The lowest BCUT2D eigenvalue weighted by Gasteiger charge is -2.24. The zero-order valence-corrected chi connectivity index (χ0v) is 13.9. The monoisotopic (exact) mass is 358 g/mol. The van der Waals surface area contributed by atoms with E-state index in [9.17, 15) is 10.2 Å². The minimum Gasteiger partial charge on any atom is -0.506 e. The first-order valence-electron chi connectivity index (χ1n) is 7.33. The summed E-state index contributed by atoms with van der Waals surface area (Å²) in [5, 5.41) is 20.5. The van der Waals surface area contributed by atoms with Gasteiger partial charge in [0.2, 0.25) is 0 Å². The van der Waals surface area contributed by atoms with Crippen molar-refractivity contribution in [3.63, 3.8) is 0 Å². The van der Waals surface area contributed by atoms with E-state index in [0.717, 1.165) is 22.3 Å². The Kier molecular flexibility index (Phi) is 3.56. The zero-order valence-electron chi connectivity index (χ0n) is 12.4. The van der Waals surface area contributed by atoms with Crippen molar-refractivity contribution < 1.29 is 14.9 Å². The molecule has 0 saturated carbocycles. The number of hydrogen-bond donors (Lipinski definition) is 2. The van der Waals surface area contributed by atoms with Crippen LogP contribution in [0.1, 0.15) is 11.1 Å². The Hall–Kier alpha value is -2.36. The van der Waals surface area contributed by atoms with E-state index in [2.05, 4.69) is 0 Å². The summed E-state index contributed by atoms with van der Waals surface area (Å²) in [6.45, 7) is 0. The average Bonchev–Trinajstić information content (AvgIpc) is 2.57. The fourth-order valence-corrected chi connectivity index (χ4v) is 3.42. The Morgan fingerprint density at radius 1 is 0.875 bits per heavy atom. The molecule has 0 saturated heterocycles. The van der Waals surface area contributed by atoms with Gasteiger partial charge >= 0.3 is 0 Å². The molecule has 1 heterocycles. The third kappa shape index (κ3) is 2.37. The van der Waals surface area contributed by atoms with Crippen LogP contribution in [0.2, 0.25) is 10.0 Å². The minimum atomic E-state index is -0.0455. The molecule has 0 amide bonds. The van der Waals surface area contributed by atoms with Gasteiger partial charge in [-0.3, -0.25) is 0 Å². The van der Waals surface area contributed by atoms with Gasteiger partial charge in [-0.25, -0.2) is 0 Å². The quantitative estimate of drug-likeness (QED) is 0.454. The summed E-state index contributed by atoms with van der Waals surface area (Å²) in [4.78, 5) is 0. The highest BCUT2D eigenvalue weighted by Crippen LogP contribution is 2.49. The van der Waals surface area contributed by atoms with Crippen molar-refractivity contribution in [2.24, 2.45) is 0 Å². The average molecular weight is 359 g/mol. The molecule has 0 fully saturated rings. The van der Waals surface area contributed by atoms with Crippen LogP contribution >= 0.6 is 23.2 Å². The Balaban J connectivity index is 1.94. The van der Waals surface area contributed by atoms with Crippen LogP contribution in [0.25, 0.3) is 11.1 Å². The Labute approximate surface area is 148 Å². The Morgan fingerprint density at radius 3 is 2.33 bits per heavy atom. The lowest BCUT2D eigenvalue weighted by atomic mass is 9.91. The van der Waals surface area contributed by atoms with Crippen LogP contribution in [0.3, 0.4) is 0 Å². The van der Waals surface area contributed by atoms with E-state index in [1.165, 1.54) is 12.1 Å². The second-order valence-electron chi connectivity index (χ2n) is 5.62. The summed E-state index contributed by atoms with van der Waals surface area (Å²) in [5.74, 6) is 0.950. The number of fused-ring (bicyclic) bond motifs is 2. The molecule has 0 radical (unpaired) electrons. The van der Waals surface area contributed by atoms with Crippen molar-refractivity contribution in [3.8, 4) is 34.1 Å². The summed E-state index contributed by atoms with van der Waals surface area (Å²) in [6.07, 6.45) is 0.537. The number of benzene rings is 3. The third-order valence-corrected chi connectivity index (χ3v) is 4.78. The largest absolute Gasteiger partial charge is 0.506 e. The number of aromatic hydroxyl groups is 2. The smallest absolute Gasteiger partial charge is 0.138 e. The Morgan fingerprint density at radius 2 is 1.58 bits per heavy atom. The van der Waals surface area contributed by atoms with E-state index in [0.29, 0.717) is 17.9 Å². The van der Waals surface area contributed by atoms with Gasteiger partial charge in [-0.05, 0) is 11.6 Å². The highest BCUT2D eigenvalue weighted by Gasteiger charge is 2.25. The van der Waals surface area contributed by atoms with E-state index < -0.39 is 0 Å². The van der Waals surface area contributed by atoms with Gasteiger partial charge in [0.15, 0.2) is 0 Å². The second-order valence-corrected chi connectivity index (χ2v) is 6.40. The lowest BCUT2D eigenvalue weighted by Crippen LogP contribution is -2.05. The first-order valence-corrected chi connectivity index (χ1v) is 8.09. The van der Waals surface area contributed by atoms with Crippen molar-refractivity contribution >= 4 is 23.2 Å². The second kappa shape index (κ2) is 5.62. The highest BCUT2D eigenvalue weighted by molar-refractivity contribution is 6.35. The van der Waals surface area contributed by atoms with Crippen LogP contribution in [0.5, 0.6) is 23.0 Å². The topological polar surface area (TPSA) is 49.7 Å². The van der Waals surface area contributed by atoms with E-state index in [-0.39, 0.29) is 21.5 Å². The van der Waals surface area contributed by atoms with Crippen LogP contribution in [0.4, 0.5) is 0 Å². The number of phenolic OH excluding ortho intramolecular Hbond substituents is 2. The van der Waals surface area contributed by atoms with Crippen molar-refractivity contribution in [3.05, 3.63) is 69.7 Å². The molecule has 4 rings (SSSR count). The van der Waals surface area contributed by atoms with Gasteiger partial charge in [0.25, 0.3) is 0 Å². The van der Waals surface area contributed by atoms with Crippen LogP contribution in [0.15, 0.2) is 48.5 Å². The van der Waals surface area contributed by atoms with Gasteiger partial charge in [-0.15, -0.1) is 0 Å². The molecule has 3 aromatic carbocycles. The molecule has 1 aliphatic heterocycles. The lowest BCUT2D eigenvalue weighted by molar-refractivity contribution is 0.433. The van der Waals surface area contributed by atoms with Crippen molar-refractivity contribution in [2.75, 3.05) is 0 Å². The van der Waals surface area contributed by atoms with Gasteiger partial charge in [-0.1, -0.05) is 53.5 Å². The van der Waals surface area contributed by atoms with Crippen molar-refractivity contribution in [2.45, 2.75) is 6.42 Å². The van der Waals surface area contributed by atoms with Crippen LogP contribution in [-0.4, -0.2) is 10.2 Å². The molecular weight excluding hydrogens is 347 g/mol. The molecular formula is C19H12Cl2O3. The predicted octanol–water partition coefficient (Wildman–Crippen LogP) is 5.77. The normalized spacial score (nSPS) is 12.2. The number of phenols is 2. The number of halogens is 2. The molecule has 2 N–H and O–H groups in total. The van der Waals surface area contributed by atoms with Crippen molar-refractivity contribution in [1.82, 2.24) is 0 Å². The van der Waals surface area contributed by atoms with Crippen LogP contribution < -0.4 is 4.74 Å². The molecule has 24 heavy (non-hydrogen) atoms.